The molecule has 2 N–H and O–H groups in total. The van der Waals surface area contributed by atoms with Gasteiger partial charge < -0.3 is 15.2 Å². The molecule has 1 atom stereocenters. The number of aromatic amines is 1. The molecule has 5 nitrogen and oxygen atoms in total. The molecule has 138 valence electrons. The number of hydrogen-bond acceptors (Lipinski definition) is 2. The molecule has 2 amide bonds. The van der Waals surface area contributed by atoms with Gasteiger partial charge in [0.05, 0.1) is 5.92 Å². The van der Waals surface area contributed by atoms with Crippen molar-refractivity contribution in [1.82, 2.24) is 10.3 Å². The van der Waals surface area contributed by atoms with Gasteiger partial charge in [0, 0.05) is 47.8 Å². The summed E-state index contributed by atoms with van der Waals surface area (Å²) in [5.41, 5.74) is 3.82. The highest BCUT2D eigenvalue weighted by molar-refractivity contribution is 6.31. The Balaban J connectivity index is 1.45. The van der Waals surface area contributed by atoms with Gasteiger partial charge in [-0.05, 0) is 35.7 Å². The number of rotatable bonds is 4. The normalized spacial score (nSPS) is 16.4. The van der Waals surface area contributed by atoms with E-state index < -0.39 is 5.92 Å². The maximum Gasteiger partial charge on any atom is 0.228 e. The van der Waals surface area contributed by atoms with Gasteiger partial charge in [0.1, 0.15) is 0 Å². The molecule has 4 rings (SSSR count). The minimum Gasteiger partial charge on any atom is -0.361 e. The van der Waals surface area contributed by atoms with Gasteiger partial charge in [-0.2, -0.15) is 0 Å². The van der Waals surface area contributed by atoms with Crippen LogP contribution in [0.4, 0.5) is 5.69 Å². The number of halogens is 1. The Bertz CT molecular complexity index is 1030. The molecule has 1 aromatic heterocycles. The molecule has 6 heteroatoms. The van der Waals surface area contributed by atoms with Crippen LogP contribution in [-0.2, 0) is 16.0 Å². The van der Waals surface area contributed by atoms with E-state index in [1.54, 1.807) is 11.9 Å². The standard InChI is InChI=1S/C21H20ClN3O2/c1-25-19-5-3-2-4-16(19)17(11-20(25)26)21(27)23-9-8-13-12-24-18-10-14(22)6-7-15(13)18/h2-7,10,12,17,24H,8-9,11H2,1H3,(H,23,27). The van der Waals surface area contributed by atoms with Crippen molar-refractivity contribution in [2.24, 2.45) is 0 Å². The molecule has 1 unspecified atom stereocenters. The van der Waals surface area contributed by atoms with E-state index in [2.05, 4.69) is 10.3 Å². The van der Waals surface area contributed by atoms with Gasteiger partial charge in [-0.15, -0.1) is 0 Å². The summed E-state index contributed by atoms with van der Waals surface area (Å²) in [6.07, 6.45) is 2.85. The van der Waals surface area contributed by atoms with Crippen molar-refractivity contribution in [2.75, 3.05) is 18.5 Å². The summed E-state index contributed by atoms with van der Waals surface area (Å²) in [6, 6.07) is 13.3. The number of H-pyrrole nitrogens is 1. The quantitative estimate of drug-likeness (QED) is 0.724. The zero-order valence-electron chi connectivity index (χ0n) is 15.0. The summed E-state index contributed by atoms with van der Waals surface area (Å²) in [7, 11) is 1.75. The molecule has 0 saturated carbocycles. The molecule has 2 aromatic carbocycles. The molecule has 3 aromatic rings. The third kappa shape index (κ3) is 3.30. The van der Waals surface area contributed by atoms with Gasteiger partial charge in [0.25, 0.3) is 0 Å². The van der Waals surface area contributed by atoms with Crippen LogP contribution in [0.15, 0.2) is 48.7 Å². The first kappa shape index (κ1) is 17.6. The van der Waals surface area contributed by atoms with Crippen molar-refractivity contribution in [3.8, 4) is 0 Å². The van der Waals surface area contributed by atoms with Crippen LogP contribution in [0.1, 0.15) is 23.5 Å². The van der Waals surface area contributed by atoms with Crippen LogP contribution in [0.25, 0.3) is 10.9 Å². The van der Waals surface area contributed by atoms with Crippen molar-refractivity contribution < 1.29 is 9.59 Å². The van der Waals surface area contributed by atoms with E-state index in [9.17, 15) is 9.59 Å². The van der Waals surface area contributed by atoms with E-state index in [4.69, 9.17) is 11.6 Å². The van der Waals surface area contributed by atoms with E-state index in [0.717, 1.165) is 27.7 Å². The fraction of sp³-hybridized carbons (Fsp3) is 0.238. The van der Waals surface area contributed by atoms with E-state index in [-0.39, 0.29) is 18.2 Å². The number of carbonyl (C=O) groups excluding carboxylic acids is 2. The maximum atomic E-state index is 12.7. The summed E-state index contributed by atoms with van der Waals surface area (Å²) in [5.74, 6) is -0.583. The number of carbonyl (C=O) groups is 2. The zero-order chi connectivity index (χ0) is 19.0. The average molecular weight is 382 g/mol. The monoisotopic (exact) mass is 381 g/mol. The topological polar surface area (TPSA) is 65.2 Å². The maximum absolute atomic E-state index is 12.7. The smallest absolute Gasteiger partial charge is 0.228 e. The predicted octanol–water partition coefficient (Wildman–Crippen LogP) is 3.63. The number of amides is 2. The third-order valence-corrected chi connectivity index (χ3v) is 5.40. The zero-order valence-corrected chi connectivity index (χ0v) is 15.7. The Kier molecular flexibility index (Phi) is 4.62. The summed E-state index contributed by atoms with van der Waals surface area (Å²) in [5, 5.41) is 4.79. The fourth-order valence-electron chi connectivity index (χ4n) is 3.69. The van der Waals surface area contributed by atoms with E-state index in [0.29, 0.717) is 18.0 Å². The number of nitrogens with one attached hydrogen (secondary N) is 2. The minimum absolute atomic E-state index is 0.0395. The summed E-state index contributed by atoms with van der Waals surface area (Å²) in [4.78, 5) is 29.8. The lowest BCUT2D eigenvalue weighted by Crippen LogP contribution is -2.39. The summed E-state index contributed by atoms with van der Waals surface area (Å²) >= 11 is 6.02. The Morgan fingerprint density at radius 1 is 1.30 bits per heavy atom. The average Bonchev–Trinajstić information content (AvgIpc) is 3.06. The van der Waals surface area contributed by atoms with Gasteiger partial charge in [-0.1, -0.05) is 35.9 Å². The van der Waals surface area contributed by atoms with Gasteiger partial charge >= 0.3 is 0 Å². The first-order chi connectivity index (χ1) is 13.0. The van der Waals surface area contributed by atoms with Gasteiger partial charge in [0.2, 0.25) is 11.8 Å². The molecule has 0 bridgehead atoms. The molecule has 1 aliphatic heterocycles. The van der Waals surface area contributed by atoms with Crippen LogP contribution in [0.3, 0.4) is 0 Å². The minimum atomic E-state index is -0.438. The SMILES string of the molecule is CN1C(=O)CC(C(=O)NCCc2c[nH]c3cc(Cl)ccc23)c2ccccc21. The van der Waals surface area contributed by atoms with Crippen LogP contribution in [0, 0.1) is 0 Å². The highest BCUT2D eigenvalue weighted by Crippen LogP contribution is 2.35. The number of benzene rings is 2. The van der Waals surface area contributed by atoms with Crippen LogP contribution >= 0.6 is 11.6 Å². The van der Waals surface area contributed by atoms with Crippen molar-refractivity contribution in [3.63, 3.8) is 0 Å². The lowest BCUT2D eigenvalue weighted by Gasteiger charge is -2.30. The second-order valence-electron chi connectivity index (χ2n) is 6.81. The third-order valence-electron chi connectivity index (χ3n) is 5.17. The molecule has 0 saturated heterocycles. The summed E-state index contributed by atoms with van der Waals surface area (Å²) < 4.78 is 0. The second-order valence-corrected chi connectivity index (χ2v) is 7.25. The van der Waals surface area contributed by atoms with Crippen LogP contribution in [-0.4, -0.2) is 30.4 Å². The number of nitrogens with zero attached hydrogens (tertiary/aromatic N) is 1. The van der Waals surface area contributed by atoms with Crippen molar-refractivity contribution >= 4 is 40.0 Å². The first-order valence-corrected chi connectivity index (χ1v) is 9.31. The Labute approximate surface area is 162 Å². The molecule has 0 aliphatic carbocycles. The highest BCUT2D eigenvalue weighted by Gasteiger charge is 2.33. The number of anilines is 1. The van der Waals surface area contributed by atoms with Crippen molar-refractivity contribution in [2.45, 2.75) is 18.8 Å². The van der Waals surface area contributed by atoms with Crippen LogP contribution in [0.2, 0.25) is 5.02 Å². The molecule has 0 radical (unpaired) electrons. The van der Waals surface area contributed by atoms with Gasteiger partial charge in [-0.3, -0.25) is 9.59 Å². The van der Waals surface area contributed by atoms with E-state index in [1.165, 1.54) is 0 Å². The van der Waals surface area contributed by atoms with Crippen LogP contribution < -0.4 is 10.2 Å². The fourth-order valence-corrected chi connectivity index (χ4v) is 3.86. The first-order valence-electron chi connectivity index (χ1n) is 8.93. The number of fused-ring (bicyclic) bond motifs is 2. The Hall–Kier alpha value is -2.79. The van der Waals surface area contributed by atoms with Gasteiger partial charge in [0.15, 0.2) is 0 Å². The number of para-hydroxylation sites is 1. The Morgan fingerprint density at radius 3 is 2.96 bits per heavy atom. The molecular formula is C21H20ClN3O2. The largest absolute Gasteiger partial charge is 0.361 e. The molecular weight excluding hydrogens is 362 g/mol. The summed E-state index contributed by atoms with van der Waals surface area (Å²) in [6.45, 7) is 0.511. The predicted molar refractivity (Wildman–Crippen MR) is 107 cm³/mol. The van der Waals surface area contributed by atoms with Crippen molar-refractivity contribution in [3.05, 3.63) is 64.8 Å². The molecule has 1 aliphatic rings. The number of hydrogen-bond donors (Lipinski definition) is 2. The lowest BCUT2D eigenvalue weighted by atomic mass is 9.89. The molecule has 0 spiro atoms. The van der Waals surface area contributed by atoms with Crippen molar-refractivity contribution in [1.29, 1.82) is 0 Å². The van der Waals surface area contributed by atoms with E-state index in [1.807, 2.05) is 48.7 Å². The Morgan fingerprint density at radius 2 is 2.11 bits per heavy atom. The number of aromatic nitrogens is 1. The molecule has 2 heterocycles. The molecule has 0 fully saturated rings. The van der Waals surface area contributed by atoms with Gasteiger partial charge in [-0.25, -0.2) is 0 Å². The van der Waals surface area contributed by atoms with Crippen LogP contribution in [0.5, 0.6) is 0 Å². The highest BCUT2D eigenvalue weighted by atomic mass is 35.5. The second kappa shape index (κ2) is 7.08. The lowest BCUT2D eigenvalue weighted by molar-refractivity contribution is -0.127. The molecule has 27 heavy (non-hydrogen) atoms. The van der Waals surface area contributed by atoms with E-state index >= 15 is 0 Å².